The molecule has 126 valence electrons. The zero-order chi connectivity index (χ0) is 17.3. The van der Waals surface area contributed by atoms with E-state index in [0.29, 0.717) is 0 Å². The SMILES string of the molecule is O=C(c1ccccc1)[C@]1(n2ccc(=O)[nH]c2=O)C[C@H](O)[C@@H](CO)O1. The number of nitrogens with one attached hydrogen (secondary N) is 1. The maximum Gasteiger partial charge on any atom is 0.331 e. The first kappa shape index (κ1) is 16.3. The molecular formula is C16H16N2O6. The standard InChI is InChI=1S/C16H16N2O6/c19-9-12-11(20)8-16(24-12,14(22)10-4-2-1-3-5-10)18-7-6-13(21)17-15(18)23/h1-7,11-12,19-20H,8-9H2,(H,17,21,23)/t11-,12+,16-/m0/s1. The van der Waals surface area contributed by atoms with Gasteiger partial charge in [0.25, 0.3) is 5.56 Å². The molecular weight excluding hydrogens is 316 g/mol. The largest absolute Gasteiger partial charge is 0.394 e. The Hall–Kier alpha value is -2.55. The van der Waals surface area contributed by atoms with Crippen LogP contribution in [0.2, 0.25) is 0 Å². The molecule has 2 aromatic rings. The van der Waals surface area contributed by atoms with Crippen LogP contribution in [0.5, 0.6) is 0 Å². The van der Waals surface area contributed by atoms with Crippen molar-refractivity contribution in [2.24, 2.45) is 0 Å². The molecule has 0 saturated carbocycles. The van der Waals surface area contributed by atoms with Gasteiger partial charge >= 0.3 is 5.69 Å². The highest BCUT2D eigenvalue weighted by Crippen LogP contribution is 2.37. The van der Waals surface area contributed by atoms with Gasteiger partial charge in [-0.25, -0.2) is 4.79 Å². The van der Waals surface area contributed by atoms with Crippen molar-refractivity contribution < 1.29 is 19.7 Å². The van der Waals surface area contributed by atoms with Gasteiger partial charge in [-0.2, -0.15) is 0 Å². The lowest BCUT2D eigenvalue weighted by atomic mass is 9.96. The first-order chi connectivity index (χ1) is 11.5. The average Bonchev–Trinajstić information content (AvgIpc) is 2.92. The van der Waals surface area contributed by atoms with Crippen molar-refractivity contribution in [2.45, 2.75) is 24.4 Å². The number of hydrogen-bond acceptors (Lipinski definition) is 6. The zero-order valence-corrected chi connectivity index (χ0v) is 12.6. The van der Waals surface area contributed by atoms with E-state index >= 15 is 0 Å². The molecule has 0 bridgehead atoms. The number of aliphatic hydroxyl groups excluding tert-OH is 2. The number of ketones is 1. The van der Waals surface area contributed by atoms with Gasteiger partial charge in [0.2, 0.25) is 11.5 Å². The van der Waals surface area contributed by atoms with Crippen molar-refractivity contribution in [2.75, 3.05) is 6.61 Å². The number of aromatic amines is 1. The van der Waals surface area contributed by atoms with Crippen LogP contribution in [0.4, 0.5) is 0 Å². The van der Waals surface area contributed by atoms with Crippen LogP contribution >= 0.6 is 0 Å². The summed E-state index contributed by atoms with van der Waals surface area (Å²) in [6.45, 7) is -0.511. The summed E-state index contributed by atoms with van der Waals surface area (Å²) in [5, 5.41) is 19.4. The third-order valence-corrected chi connectivity index (χ3v) is 4.05. The second-order valence-electron chi connectivity index (χ2n) is 5.57. The number of aromatic nitrogens is 2. The van der Waals surface area contributed by atoms with E-state index in [1.807, 2.05) is 0 Å². The second-order valence-corrected chi connectivity index (χ2v) is 5.57. The number of ether oxygens (including phenoxy) is 1. The summed E-state index contributed by atoms with van der Waals surface area (Å²) in [5.74, 6) is -0.549. The topological polar surface area (TPSA) is 122 Å². The Morgan fingerprint density at radius 1 is 1.29 bits per heavy atom. The number of hydrogen-bond donors (Lipinski definition) is 3. The number of carbonyl (C=O) groups excluding carboxylic acids is 1. The van der Waals surface area contributed by atoms with E-state index in [1.54, 1.807) is 30.3 Å². The third-order valence-electron chi connectivity index (χ3n) is 4.05. The van der Waals surface area contributed by atoms with Gasteiger partial charge in [-0.15, -0.1) is 0 Å². The van der Waals surface area contributed by atoms with Gasteiger partial charge < -0.3 is 14.9 Å². The first-order valence-electron chi connectivity index (χ1n) is 7.37. The molecule has 0 spiro atoms. The molecule has 1 fully saturated rings. The van der Waals surface area contributed by atoms with E-state index in [9.17, 15) is 24.6 Å². The molecule has 1 saturated heterocycles. The lowest BCUT2D eigenvalue weighted by Crippen LogP contribution is -2.49. The van der Waals surface area contributed by atoms with E-state index < -0.39 is 41.6 Å². The molecule has 0 amide bonds. The van der Waals surface area contributed by atoms with Gasteiger partial charge in [-0.1, -0.05) is 30.3 Å². The number of aliphatic hydroxyl groups is 2. The number of carbonyl (C=O) groups is 1. The molecule has 0 radical (unpaired) electrons. The Balaban J connectivity index is 2.17. The number of rotatable bonds is 4. The lowest BCUT2D eigenvalue weighted by Gasteiger charge is -2.29. The highest BCUT2D eigenvalue weighted by Gasteiger charge is 2.53. The summed E-state index contributed by atoms with van der Waals surface area (Å²) in [6.07, 6.45) is -1.23. The molecule has 1 aromatic carbocycles. The number of benzene rings is 1. The van der Waals surface area contributed by atoms with Crippen LogP contribution in [-0.4, -0.2) is 44.4 Å². The predicted molar refractivity (Wildman–Crippen MR) is 82.7 cm³/mol. The molecule has 1 aliphatic rings. The van der Waals surface area contributed by atoms with E-state index in [2.05, 4.69) is 4.98 Å². The van der Waals surface area contributed by atoms with Gasteiger partial charge in [-0.3, -0.25) is 19.1 Å². The predicted octanol–water partition coefficient (Wildman–Crippen LogP) is -0.786. The fourth-order valence-corrected chi connectivity index (χ4v) is 2.88. The minimum atomic E-state index is -1.84. The molecule has 0 aliphatic carbocycles. The third kappa shape index (κ3) is 2.60. The Labute approximate surface area is 136 Å². The van der Waals surface area contributed by atoms with Crippen molar-refractivity contribution in [1.82, 2.24) is 9.55 Å². The van der Waals surface area contributed by atoms with E-state index in [1.165, 1.54) is 0 Å². The van der Waals surface area contributed by atoms with Crippen LogP contribution in [0.15, 0.2) is 52.2 Å². The average molecular weight is 332 g/mol. The molecule has 24 heavy (non-hydrogen) atoms. The van der Waals surface area contributed by atoms with E-state index in [0.717, 1.165) is 16.8 Å². The highest BCUT2D eigenvalue weighted by molar-refractivity contribution is 6.01. The molecule has 3 atom stereocenters. The molecule has 1 aliphatic heterocycles. The molecule has 1 aromatic heterocycles. The maximum atomic E-state index is 13.0. The van der Waals surface area contributed by atoms with Crippen LogP contribution in [0.25, 0.3) is 0 Å². The molecule has 8 nitrogen and oxygen atoms in total. The molecule has 0 unspecified atom stereocenters. The monoisotopic (exact) mass is 332 g/mol. The fraction of sp³-hybridized carbons (Fsp3) is 0.312. The van der Waals surface area contributed by atoms with Gasteiger partial charge in [0.1, 0.15) is 6.10 Å². The summed E-state index contributed by atoms with van der Waals surface area (Å²) in [5.41, 5.74) is -3.01. The normalized spacial score (nSPS) is 26.4. The van der Waals surface area contributed by atoms with Crippen LogP contribution in [0, 0.1) is 0 Å². The van der Waals surface area contributed by atoms with Crippen molar-refractivity contribution in [3.8, 4) is 0 Å². The maximum absolute atomic E-state index is 13.0. The molecule has 3 N–H and O–H groups in total. The summed E-state index contributed by atoms with van der Waals surface area (Å²) >= 11 is 0. The number of H-pyrrole nitrogens is 1. The molecule has 3 rings (SSSR count). The Kier molecular flexibility index (Phi) is 4.18. The first-order valence-corrected chi connectivity index (χ1v) is 7.37. The quantitative estimate of drug-likeness (QED) is 0.631. The number of nitrogens with zero attached hydrogens (tertiary/aromatic N) is 1. The van der Waals surface area contributed by atoms with Crippen molar-refractivity contribution in [3.63, 3.8) is 0 Å². The van der Waals surface area contributed by atoms with Crippen LogP contribution < -0.4 is 11.2 Å². The number of Topliss-reactive ketones (excluding diaryl/α,β-unsaturated/α-hetero) is 1. The van der Waals surface area contributed by atoms with Crippen LogP contribution in [-0.2, 0) is 10.5 Å². The Bertz CT molecular complexity index is 859. The van der Waals surface area contributed by atoms with Crippen molar-refractivity contribution in [3.05, 3.63) is 69.0 Å². The van der Waals surface area contributed by atoms with Crippen molar-refractivity contribution >= 4 is 5.78 Å². The van der Waals surface area contributed by atoms with Gasteiger partial charge in [-0.05, 0) is 0 Å². The Morgan fingerprint density at radius 3 is 2.58 bits per heavy atom. The summed E-state index contributed by atoms with van der Waals surface area (Å²) in [4.78, 5) is 38.6. The van der Waals surface area contributed by atoms with E-state index in [4.69, 9.17) is 4.74 Å². The van der Waals surface area contributed by atoms with E-state index in [-0.39, 0.29) is 12.0 Å². The minimum Gasteiger partial charge on any atom is -0.394 e. The second kappa shape index (κ2) is 6.16. The molecule has 8 heteroatoms. The van der Waals surface area contributed by atoms with Crippen LogP contribution in [0.1, 0.15) is 16.8 Å². The zero-order valence-electron chi connectivity index (χ0n) is 12.6. The highest BCUT2D eigenvalue weighted by atomic mass is 16.6. The van der Waals surface area contributed by atoms with Crippen molar-refractivity contribution in [1.29, 1.82) is 0 Å². The lowest BCUT2D eigenvalue weighted by molar-refractivity contribution is -0.0936. The van der Waals surface area contributed by atoms with Crippen LogP contribution in [0.3, 0.4) is 0 Å². The minimum absolute atomic E-state index is 0.224. The fourth-order valence-electron chi connectivity index (χ4n) is 2.88. The summed E-state index contributed by atoms with van der Waals surface area (Å²) in [7, 11) is 0. The van der Waals surface area contributed by atoms with Gasteiger partial charge in [0.15, 0.2) is 0 Å². The molecule has 2 heterocycles. The van der Waals surface area contributed by atoms with Gasteiger partial charge in [0, 0.05) is 24.2 Å². The summed E-state index contributed by atoms with van der Waals surface area (Å²) in [6, 6.07) is 9.25. The Morgan fingerprint density at radius 2 is 2.00 bits per heavy atom. The van der Waals surface area contributed by atoms with Gasteiger partial charge in [0.05, 0.1) is 12.7 Å². The summed E-state index contributed by atoms with van der Waals surface area (Å²) < 4.78 is 6.57. The smallest absolute Gasteiger partial charge is 0.331 e.